The predicted molar refractivity (Wildman–Crippen MR) is 84.1 cm³/mol. The van der Waals surface area contributed by atoms with Crippen molar-refractivity contribution in [1.29, 1.82) is 0 Å². The number of hydrogen-bond donors (Lipinski definition) is 1. The van der Waals surface area contributed by atoms with E-state index in [1.807, 2.05) is 18.2 Å². The van der Waals surface area contributed by atoms with Gasteiger partial charge in [0.25, 0.3) is 5.91 Å². The molecule has 0 spiro atoms. The number of amides is 1. The Balaban J connectivity index is 2.18. The maximum atomic E-state index is 11.9. The molecule has 0 aliphatic carbocycles. The van der Waals surface area contributed by atoms with E-state index in [0.29, 0.717) is 10.7 Å². The minimum Gasteiger partial charge on any atom is -0.321 e. The highest BCUT2D eigenvalue weighted by Gasteiger charge is 2.08. The Bertz CT molecular complexity index is 606. The minimum atomic E-state index is -0.286. The van der Waals surface area contributed by atoms with E-state index in [4.69, 9.17) is 11.6 Å². The summed E-state index contributed by atoms with van der Waals surface area (Å²) in [5, 5.41) is 3.25. The van der Waals surface area contributed by atoms with Gasteiger partial charge in [-0.15, -0.1) is 0 Å². The number of carbonyl (C=O) groups is 1. The minimum absolute atomic E-state index is 0.286. The number of carbonyl (C=O) groups excluding carboxylic acids is 1. The molecule has 2 rings (SSSR count). The largest absolute Gasteiger partial charge is 0.321 e. The predicted octanol–water partition coefficient (Wildman–Crippen LogP) is 4.35. The molecule has 1 aromatic carbocycles. The first-order chi connectivity index (χ1) is 8.56. The van der Waals surface area contributed by atoms with Crippen molar-refractivity contribution in [2.24, 2.45) is 0 Å². The molecular formula is C12H7BrClIN2O. The third-order valence-corrected chi connectivity index (χ3v) is 4.71. The van der Waals surface area contributed by atoms with Gasteiger partial charge in [-0.25, -0.2) is 0 Å². The summed E-state index contributed by atoms with van der Waals surface area (Å²) < 4.78 is 2.01. The summed E-state index contributed by atoms with van der Waals surface area (Å²) in [5.41, 5.74) is 0.992. The standard InChI is InChI=1S/C12H7BrClIN2O/c13-9-6-8(1-2-10(9)15)17-12(18)11-5-7(14)3-4-16-11/h1-6H,(H,17,18). The second-order valence-electron chi connectivity index (χ2n) is 3.44. The number of anilines is 1. The zero-order valence-electron chi connectivity index (χ0n) is 8.95. The molecule has 0 unspecified atom stereocenters. The number of halogens is 3. The Labute approximate surface area is 131 Å². The van der Waals surface area contributed by atoms with E-state index in [2.05, 4.69) is 48.8 Å². The molecule has 92 valence electrons. The topological polar surface area (TPSA) is 42.0 Å². The number of nitrogens with zero attached hydrogens (tertiary/aromatic N) is 1. The summed E-state index contributed by atoms with van der Waals surface area (Å²) in [4.78, 5) is 15.9. The van der Waals surface area contributed by atoms with E-state index in [9.17, 15) is 4.79 Å². The molecule has 1 N–H and O–H groups in total. The lowest BCUT2D eigenvalue weighted by molar-refractivity contribution is 0.102. The van der Waals surface area contributed by atoms with Crippen LogP contribution < -0.4 is 5.32 Å². The van der Waals surface area contributed by atoms with Gasteiger partial charge < -0.3 is 5.32 Å². The molecule has 0 radical (unpaired) electrons. The molecular weight excluding hydrogens is 430 g/mol. The molecule has 0 fully saturated rings. The molecule has 0 atom stereocenters. The molecule has 6 heteroatoms. The van der Waals surface area contributed by atoms with Crippen LogP contribution in [0.3, 0.4) is 0 Å². The van der Waals surface area contributed by atoms with Crippen LogP contribution in [0.5, 0.6) is 0 Å². The molecule has 0 saturated carbocycles. The molecule has 0 aliphatic heterocycles. The highest BCUT2D eigenvalue weighted by Crippen LogP contribution is 2.23. The van der Waals surface area contributed by atoms with Crippen LogP contribution in [0, 0.1) is 3.57 Å². The lowest BCUT2D eigenvalue weighted by Gasteiger charge is -2.06. The smallest absolute Gasteiger partial charge is 0.274 e. The Morgan fingerprint density at radius 3 is 2.78 bits per heavy atom. The van der Waals surface area contributed by atoms with Crippen molar-refractivity contribution in [3.05, 3.63) is 55.3 Å². The zero-order chi connectivity index (χ0) is 13.1. The molecule has 1 amide bonds. The molecule has 18 heavy (non-hydrogen) atoms. The Hall–Kier alpha value is -0.660. The van der Waals surface area contributed by atoms with Gasteiger partial charge in [-0.2, -0.15) is 0 Å². The number of hydrogen-bond acceptors (Lipinski definition) is 2. The first-order valence-electron chi connectivity index (χ1n) is 4.94. The molecule has 1 aromatic heterocycles. The van der Waals surface area contributed by atoms with Crippen LogP contribution in [0.1, 0.15) is 10.5 Å². The fourth-order valence-electron chi connectivity index (χ4n) is 1.30. The Morgan fingerprint density at radius 1 is 1.33 bits per heavy atom. The Kier molecular flexibility index (Phi) is 4.58. The van der Waals surface area contributed by atoms with E-state index in [0.717, 1.165) is 8.04 Å². The number of aromatic nitrogens is 1. The van der Waals surface area contributed by atoms with E-state index in [1.165, 1.54) is 12.3 Å². The molecule has 3 nitrogen and oxygen atoms in total. The second-order valence-corrected chi connectivity index (χ2v) is 5.90. The summed E-state index contributed by atoms with van der Waals surface area (Å²) in [6.07, 6.45) is 1.50. The molecule has 2 aromatic rings. The van der Waals surface area contributed by atoms with E-state index >= 15 is 0 Å². The monoisotopic (exact) mass is 436 g/mol. The van der Waals surface area contributed by atoms with Crippen molar-refractivity contribution in [2.45, 2.75) is 0 Å². The number of pyridine rings is 1. The third kappa shape index (κ3) is 3.43. The highest BCUT2D eigenvalue weighted by molar-refractivity contribution is 14.1. The SMILES string of the molecule is O=C(Nc1ccc(I)c(Br)c1)c1cc(Cl)ccn1. The Morgan fingerprint density at radius 2 is 2.11 bits per heavy atom. The van der Waals surface area contributed by atoms with Crippen molar-refractivity contribution < 1.29 is 4.79 Å². The van der Waals surface area contributed by atoms with Gasteiger partial charge >= 0.3 is 0 Å². The number of nitrogens with one attached hydrogen (secondary N) is 1. The maximum absolute atomic E-state index is 11.9. The van der Waals surface area contributed by atoms with Gasteiger partial charge in [0.05, 0.1) is 0 Å². The van der Waals surface area contributed by atoms with Gasteiger partial charge in [0.1, 0.15) is 5.69 Å². The summed E-state index contributed by atoms with van der Waals surface area (Å²) in [6, 6.07) is 8.73. The van der Waals surface area contributed by atoms with E-state index in [1.54, 1.807) is 6.07 Å². The third-order valence-electron chi connectivity index (χ3n) is 2.13. The van der Waals surface area contributed by atoms with Crippen molar-refractivity contribution >= 4 is 61.7 Å². The van der Waals surface area contributed by atoms with Gasteiger partial charge in [0.15, 0.2) is 0 Å². The fraction of sp³-hybridized carbons (Fsp3) is 0. The first kappa shape index (κ1) is 13.8. The average Bonchev–Trinajstić information content (AvgIpc) is 2.34. The highest BCUT2D eigenvalue weighted by atomic mass is 127. The normalized spacial score (nSPS) is 10.2. The van der Waals surface area contributed by atoms with Crippen LogP contribution in [-0.2, 0) is 0 Å². The van der Waals surface area contributed by atoms with Crippen LogP contribution in [0.2, 0.25) is 5.02 Å². The van der Waals surface area contributed by atoms with Crippen LogP contribution in [-0.4, -0.2) is 10.9 Å². The molecule has 0 saturated heterocycles. The summed E-state index contributed by atoms with van der Waals surface area (Å²) in [7, 11) is 0. The quantitative estimate of drug-likeness (QED) is 0.710. The van der Waals surface area contributed by atoms with E-state index in [-0.39, 0.29) is 11.6 Å². The lowest BCUT2D eigenvalue weighted by Crippen LogP contribution is -2.13. The van der Waals surface area contributed by atoms with Gasteiger partial charge in [0.2, 0.25) is 0 Å². The van der Waals surface area contributed by atoms with Gasteiger partial charge in [0, 0.05) is 24.9 Å². The number of rotatable bonds is 2. The number of benzene rings is 1. The zero-order valence-corrected chi connectivity index (χ0v) is 13.5. The molecule has 0 bridgehead atoms. The summed E-state index contributed by atoms with van der Waals surface area (Å²) in [5.74, 6) is -0.286. The lowest BCUT2D eigenvalue weighted by atomic mass is 10.3. The van der Waals surface area contributed by atoms with Crippen molar-refractivity contribution in [1.82, 2.24) is 4.98 Å². The van der Waals surface area contributed by atoms with Crippen LogP contribution >= 0.6 is 50.1 Å². The first-order valence-corrected chi connectivity index (χ1v) is 7.19. The van der Waals surface area contributed by atoms with E-state index < -0.39 is 0 Å². The second kappa shape index (κ2) is 5.99. The van der Waals surface area contributed by atoms with Crippen LogP contribution in [0.15, 0.2) is 41.0 Å². The van der Waals surface area contributed by atoms with Crippen molar-refractivity contribution in [2.75, 3.05) is 5.32 Å². The van der Waals surface area contributed by atoms with Crippen molar-refractivity contribution in [3.63, 3.8) is 0 Å². The van der Waals surface area contributed by atoms with Crippen LogP contribution in [0.4, 0.5) is 5.69 Å². The van der Waals surface area contributed by atoms with Crippen molar-refractivity contribution in [3.8, 4) is 0 Å². The van der Waals surface area contributed by atoms with Gasteiger partial charge in [-0.1, -0.05) is 11.6 Å². The maximum Gasteiger partial charge on any atom is 0.274 e. The molecule has 1 heterocycles. The average molecular weight is 437 g/mol. The van der Waals surface area contributed by atoms with Gasteiger partial charge in [-0.05, 0) is 68.9 Å². The summed E-state index contributed by atoms with van der Waals surface area (Å²) in [6.45, 7) is 0. The van der Waals surface area contributed by atoms with Crippen LogP contribution in [0.25, 0.3) is 0 Å². The fourth-order valence-corrected chi connectivity index (χ4v) is 2.17. The molecule has 0 aliphatic rings. The van der Waals surface area contributed by atoms with Gasteiger partial charge in [-0.3, -0.25) is 9.78 Å². The summed E-state index contributed by atoms with van der Waals surface area (Å²) >= 11 is 11.4.